The molecule has 1 aliphatic heterocycles. The molecule has 7 heteroatoms. The number of ether oxygens (including phenoxy) is 2. The van der Waals surface area contributed by atoms with Gasteiger partial charge in [-0.2, -0.15) is 0 Å². The van der Waals surface area contributed by atoms with Gasteiger partial charge in [0.15, 0.2) is 0 Å². The summed E-state index contributed by atoms with van der Waals surface area (Å²) in [5.74, 6) is 0.304. The van der Waals surface area contributed by atoms with Gasteiger partial charge >= 0.3 is 5.69 Å². The van der Waals surface area contributed by atoms with Crippen molar-refractivity contribution in [2.75, 3.05) is 33.0 Å². The van der Waals surface area contributed by atoms with Gasteiger partial charge < -0.3 is 19.8 Å². The maximum absolute atomic E-state index is 12.3. The summed E-state index contributed by atoms with van der Waals surface area (Å²) in [5.41, 5.74) is 1.85. The molecule has 2 heterocycles. The predicted molar refractivity (Wildman–Crippen MR) is 95.0 cm³/mol. The molecule has 2 N–H and O–H groups in total. The average molecular weight is 347 g/mol. The Labute approximate surface area is 146 Å². The molecule has 0 radical (unpaired) electrons. The number of amides is 1. The monoisotopic (exact) mass is 347 g/mol. The highest BCUT2D eigenvalue weighted by molar-refractivity contribution is 5.97. The maximum Gasteiger partial charge on any atom is 0.326 e. The summed E-state index contributed by atoms with van der Waals surface area (Å²) in [4.78, 5) is 27.1. The summed E-state index contributed by atoms with van der Waals surface area (Å²) in [5, 5.41) is 2.85. The first-order valence-electron chi connectivity index (χ1n) is 8.74. The Morgan fingerprint density at radius 3 is 3.04 bits per heavy atom. The molecule has 1 amide bonds. The number of hydrogen-bond acceptors (Lipinski definition) is 4. The number of aromatic amines is 1. The van der Waals surface area contributed by atoms with Crippen LogP contribution in [0, 0.1) is 5.92 Å². The van der Waals surface area contributed by atoms with E-state index in [1.807, 2.05) is 13.8 Å². The van der Waals surface area contributed by atoms with Gasteiger partial charge in [-0.05, 0) is 38.5 Å². The fourth-order valence-corrected chi connectivity index (χ4v) is 3.08. The van der Waals surface area contributed by atoms with E-state index >= 15 is 0 Å². The highest BCUT2D eigenvalue weighted by Gasteiger charge is 2.16. The fourth-order valence-electron chi connectivity index (χ4n) is 3.08. The second kappa shape index (κ2) is 7.84. The molecule has 2 aromatic rings. The van der Waals surface area contributed by atoms with Gasteiger partial charge in [-0.25, -0.2) is 4.79 Å². The molecule has 1 atom stereocenters. The van der Waals surface area contributed by atoms with Crippen molar-refractivity contribution < 1.29 is 14.3 Å². The van der Waals surface area contributed by atoms with Crippen LogP contribution in [-0.2, 0) is 9.47 Å². The zero-order valence-electron chi connectivity index (χ0n) is 14.7. The lowest BCUT2D eigenvalue weighted by Crippen LogP contribution is -2.28. The Kier molecular flexibility index (Phi) is 5.55. The zero-order chi connectivity index (χ0) is 17.8. The van der Waals surface area contributed by atoms with Gasteiger partial charge in [0.05, 0.1) is 30.9 Å². The van der Waals surface area contributed by atoms with Gasteiger partial charge in [-0.3, -0.25) is 9.36 Å². The van der Waals surface area contributed by atoms with Crippen LogP contribution < -0.4 is 11.0 Å². The van der Waals surface area contributed by atoms with Gasteiger partial charge in [-0.1, -0.05) is 0 Å². The Bertz CT molecular complexity index is 787. The predicted octanol–water partition coefficient (Wildman–Crippen LogP) is 1.69. The van der Waals surface area contributed by atoms with E-state index < -0.39 is 0 Å². The third-order valence-corrected chi connectivity index (χ3v) is 4.41. The van der Waals surface area contributed by atoms with E-state index in [1.54, 1.807) is 22.8 Å². The number of nitrogens with zero attached hydrogens (tertiary/aromatic N) is 1. The highest BCUT2D eigenvalue weighted by Crippen LogP contribution is 2.16. The van der Waals surface area contributed by atoms with Crippen molar-refractivity contribution in [2.45, 2.75) is 26.3 Å². The first-order valence-corrected chi connectivity index (χ1v) is 8.74. The number of aromatic nitrogens is 2. The van der Waals surface area contributed by atoms with Crippen molar-refractivity contribution in [3.63, 3.8) is 0 Å². The van der Waals surface area contributed by atoms with E-state index in [-0.39, 0.29) is 17.6 Å². The minimum atomic E-state index is -0.168. The van der Waals surface area contributed by atoms with Crippen LogP contribution in [0.3, 0.4) is 0 Å². The molecule has 0 aliphatic carbocycles. The quantitative estimate of drug-likeness (QED) is 0.747. The Hall–Kier alpha value is -2.12. The second-order valence-corrected chi connectivity index (χ2v) is 6.69. The molecule has 3 rings (SSSR count). The molecule has 25 heavy (non-hydrogen) atoms. The number of rotatable bonds is 7. The van der Waals surface area contributed by atoms with E-state index in [0.29, 0.717) is 31.2 Å². The minimum Gasteiger partial charge on any atom is -0.381 e. The molecule has 1 unspecified atom stereocenters. The van der Waals surface area contributed by atoms with Crippen LogP contribution in [0.5, 0.6) is 0 Å². The summed E-state index contributed by atoms with van der Waals surface area (Å²) in [7, 11) is 0. The Morgan fingerprint density at radius 1 is 1.48 bits per heavy atom. The standard InChI is InChI=1S/C18H25N3O4/c1-12(2)21-16-9-14(3-4-15(16)20-18(21)23)17(22)19-6-8-25-11-13-5-7-24-10-13/h3-4,9,12-13H,5-8,10-11H2,1-2H3,(H,19,22)(H,20,23). The molecule has 1 fully saturated rings. The van der Waals surface area contributed by atoms with Crippen LogP contribution >= 0.6 is 0 Å². The van der Waals surface area contributed by atoms with Crippen LogP contribution in [0.2, 0.25) is 0 Å². The third kappa shape index (κ3) is 4.11. The number of benzene rings is 1. The number of carbonyl (C=O) groups excluding carboxylic acids is 1. The summed E-state index contributed by atoms with van der Waals surface area (Å²) in [6.45, 7) is 7.06. The smallest absolute Gasteiger partial charge is 0.326 e. The Balaban J connectivity index is 1.56. The minimum absolute atomic E-state index is 0.0209. The molecule has 0 bridgehead atoms. The van der Waals surface area contributed by atoms with Crippen LogP contribution in [0.1, 0.15) is 36.7 Å². The molecule has 0 spiro atoms. The van der Waals surface area contributed by atoms with Crippen molar-refractivity contribution in [1.82, 2.24) is 14.9 Å². The Morgan fingerprint density at radius 2 is 2.32 bits per heavy atom. The molecule has 1 aromatic carbocycles. The lowest BCUT2D eigenvalue weighted by Gasteiger charge is -2.10. The topological polar surface area (TPSA) is 85.4 Å². The van der Waals surface area contributed by atoms with Crippen molar-refractivity contribution in [2.24, 2.45) is 5.92 Å². The number of nitrogens with one attached hydrogen (secondary N) is 2. The van der Waals surface area contributed by atoms with E-state index in [4.69, 9.17) is 9.47 Å². The lowest BCUT2D eigenvalue weighted by molar-refractivity contribution is 0.0823. The molecule has 1 aromatic heterocycles. The summed E-state index contributed by atoms with van der Waals surface area (Å²) >= 11 is 0. The molecular weight excluding hydrogens is 322 g/mol. The molecular formula is C18H25N3O4. The molecule has 136 valence electrons. The highest BCUT2D eigenvalue weighted by atomic mass is 16.5. The maximum atomic E-state index is 12.3. The first-order chi connectivity index (χ1) is 12.1. The average Bonchev–Trinajstić information content (AvgIpc) is 3.19. The number of H-pyrrole nitrogens is 1. The van der Waals surface area contributed by atoms with Gasteiger partial charge in [0.1, 0.15) is 0 Å². The first kappa shape index (κ1) is 17.7. The van der Waals surface area contributed by atoms with Gasteiger partial charge in [0.25, 0.3) is 5.91 Å². The zero-order valence-corrected chi connectivity index (χ0v) is 14.7. The lowest BCUT2D eigenvalue weighted by atomic mass is 10.1. The van der Waals surface area contributed by atoms with Gasteiger partial charge in [0, 0.05) is 30.7 Å². The van der Waals surface area contributed by atoms with Gasteiger partial charge in [-0.15, -0.1) is 0 Å². The SMILES string of the molecule is CC(C)n1c(=O)[nH]c2ccc(C(=O)NCCOCC3CCOC3)cc21. The summed E-state index contributed by atoms with van der Waals surface area (Å²) in [6, 6.07) is 5.25. The summed E-state index contributed by atoms with van der Waals surface area (Å²) in [6.07, 6.45) is 1.04. The van der Waals surface area contributed by atoms with E-state index in [0.717, 1.165) is 30.7 Å². The van der Waals surface area contributed by atoms with Crippen LogP contribution in [0.15, 0.2) is 23.0 Å². The van der Waals surface area contributed by atoms with E-state index in [9.17, 15) is 9.59 Å². The van der Waals surface area contributed by atoms with Crippen LogP contribution in [0.4, 0.5) is 0 Å². The van der Waals surface area contributed by atoms with Crippen molar-refractivity contribution in [3.05, 3.63) is 34.2 Å². The van der Waals surface area contributed by atoms with E-state index in [1.165, 1.54) is 0 Å². The molecule has 7 nitrogen and oxygen atoms in total. The molecule has 1 aliphatic rings. The van der Waals surface area contributed by atoms with Crippen molar-refractivity contribution >= 4 is 16.9 Å². The number of hydrogen-bond donors (Lipinski definition) is 2. The normalized spacial score (nSPS) is 17.5. The van der Waals surface area contributed by atoms with E-state index in [2.05, 4.69) is 10.3 Å². The number of imidazole rings is 1. The number of carbonyl (C=O) groups is 1. The molecule has 1 saturated heterocycles. The second-order valence-electron chi connectivity index (χ2n) is 6.69. The molecule has 0 saturated carbocycles. The van der Waals surface area contributed by atoms with Crippen LogP contribution in [0.25, 0.3) is 11.0 Å². The number of fused-ring (bicyclic) bond motifs is 1. The fraction of sp³-hybridized carbons (Fsp3) is 0.556. The third-order valence-electron chi connectivity index (χ3n) is 4.41. The van der Waals surface area contributed by atoms with Gasteiger partial charge in [0.2, 0.25) is 0 Å². The van der Waals surface area contributed by atoms with Crippen LogP contribution in [-0.4, -0.2) is 48.4 Å². The largest absolute Gasteiger partial charge is 0.381 e. The van der Waals surface area contributed by atoms with Crippen molar-refractivity contribution in [3.8, 4) is 0 Å². The van der Waals surface area contributed by atoms with Crippen molar-refractivity contribution in [1.29, 1.82) is 0 Å². The summed E-state index contributed by atoms with van der Waals surface area (Å²) < 4.78 is 12.5.